The summed E-state index contributed by atoms with van der Waals surface area (Å²) in [5.74, 6) is 0.732. The molecule has 92 valence electrons. The minimum Gasteiger partial charge on any atom is -0.349 e. The van der Waals surface area contributed by atoms with Crippen molar-refractivity contribution < 1.29 is 4.79 Å². The molecule has 0 radical (unpaired) electrons. The zero-order chi connectivity index (χ0) is 12.3. The van der Waals surface area contributed by atoms with Gasteiger partial charge in [0.25, 0.3) is 5.91 Å². The first-order valence-electron chi connectivity index (χ1n) is 6.35. The van der Waals surface area contributed by atoms with Crippen LogP contribution in [0.4, 0.5) is 0 Å². The number of carbonyl (C=O) groups is 1. The van der Waals surface area contributed by atoms with Crippen LogP contribution in [0.5, 0.6) is 0 Å². The Morgan fingerprint density at radius 1 is 1.47 bits per heavy atom. The fraction of sp³-hybridized carbons (Fsp3) is 0.500. The Bertz CT molecular complexity index is 403. The molecule has 0 saturated heterocycles. The van der Waals surface area contributed by atoms with Crippen LogP contribution in [0.25, 0.3) is 0 Å². The summed E-state index contributed by atoms with van der Waals surface area (Å²) in [6.45, 7) is 2.74. The van der Waals surface area contributed by atoms with Crippen molar-refractivity contribution in [2.24, 2.45) is 11.7 Å². The second-order valence-electron chi connectivity index (χ2n) is 4.68. The fourth-order valence-corrected chi connectivity index (χ4v) is 2.24. The van der Waals surface area contributed by atoms with Gasteiger partial charge in [0, 0.05) is 11.6 Å². The number of nitrogens with one attached hydrogen (secondary N) is 1. The molecule has 2 unspecified atom stereocenters. The quantitative estimate of drug-likeness (QED) is 0.812. The molecule has 3 nitrogen and oxygen atoms in total. The number of hydrogen-bond donors (Lipinski definition) is 2. The van der Waals surface area contributed by atoms with Crippen LogP contribution in [0.15, 0.2) is 24.3 Å². The van der Waals surface area contributed by atoms with Gasteiger partial charge in [-0.2, -0.15) is 0 Å². The van der Waals surface area contributed by atoms with Gasteiger partial charge < -0.3 is 11.1 Å². The molecule has 1 fully saturated rings. The summed E-state index contributed by atoms with van der Waals surface area (Å²) in [6.07, 6.45) is 3.03. The lowest BCUT2D eigenvalue weighted by Crippen LogP contribution is -2.28. The molecule has 1 saturated carbocycles. The monoisotopic (exact) mass is 232 g/mol. The Morgan fingerprint density at radius 3 is 2.88 bits per heavy atom. The van der Waals surface area contributed by atoms with E-state index in [9.17, 15) is 4.79 Å². The van der Waals surface area contributed by atoms with Crippen LogP contribution in [0.3, 0.4) is 0 Å². The lowest BCUT2D eigenvalue weighted by atomic mass is 10.0. The van der Waals surface area contributed by atoms with E-state index in [4.69, 9.17) is 5.73 Å². The van der Waals surface area contributed by atoms with Gasteiger partial charge in [-0.25, -0.2) is 0 Å². The van der Waals surface area contributed by atoms with Crippen LogP contribution in [-0.4, -0.2) is 18.5 Å². The smallest absolute Gasteiger partial charge is 0.251 e. The zero-order valence-corrected chi connectivity index (χ0v) is 10.3. The van der Waals surface area contributed by atoms with E-state index >= 15 is 0 Å². The first kappa shape index (κ1) is 12.1. The molecule has 0 aromatic heterocycles. The Labute approximate surface area is 102 Å². The third-order valence-electron chi connectivity index (χ3n) is 3.44. The van der Waals surface area contributed by atoms with Gasteiger partial charge in [0.2, 0.25) is 0 Å². The average Bonchev–Trinajstić information content (AvgIpc) is 3.08. The van der Waals surface area contributed by atoms with Crippen LogP contribution in [0.1, 0.15) is 35.7 Å². The van der Waals surface area contributed by atoms with E-state index in [1.54, 1.807) is 0 Å². The van der Waals surface area contributed by atoms with Gasteiger partial charge in [0.15, 0.2) is 0 Å². The summed E-state index contributed by atoms with van der Waals surface area (Å²) in [4.78, 5) is 12.1. The predicted molar refractivity (Wildman–Crippen MR) is 68.9 cm³/mol. The largest absolute Gasteiger partial charge is 0.349 e. The van der Waals surface area contributed by atoms with Crippen LogP contribution < -0.4 is 11.1 Å². The van der Waals surface area contributed by atoms with Gasteiger partial charge in [-0.3, -0.25) is 4.79 Å². The van der Waals surface area contributed by atoms with E-state index < -0.39 is 0 Å². The number of hydrogen-bond acceptors (Lipinski definition) is 2. The molecule has 0 bridgehead atoms. The van der Waals surface area contributed by atoms with Gasteiger partial charge in [0.05, 0.1) is 0 Å². The van der Waals surface area contributed by atoms with Gasteiger partial charge in [0.1, 0.15) is 0 Å². The lowest BCUT2D eigenvalue weighted by Gasteiger charge is -2.09. The van der Waals surface area contributed by atoms with Gasteiger partial charge in [-0.15, -0.1) is 0 Å². The molecule has 3 N–H and O–H groups in total. The summed E-state index contributed by atoms with van der Waals surface area (Å²) in [7, 11) is 0. The number of nitrogens with two attached hydrogens (primary N) is 1. The number of carbonyl (C=O) groups excluding carboxylic acids is 1. The highest BCUT2D eigenvalue weighted by Gasteiger charge is 2.36. The highest BCUT2D eigenvalue weighted by molar-refractivity contribution is 5.96. The van der Waals surface area contributed by atoms with Crippen molar-refractivity contribution in [3.63, 3.8) is 0 Å². The standard InChI is InChI=1S/C14H20N2O/c1-2-10-9-13(10)16-14(17)12-6-4-3-5-11(12)7-8-15/h3-6,10,13H,2,7-9,15H2,1H3,(H,16,17). The molecule has 0 spiro atoms. The van der Waals surface area contributed by atoms with E-state index in [1.165, 1.54) is 0 Å². The van der Waals surface area contributed by atoms with E-state index in [0.717, 1.165) is 30.4 Å². The summed E-state index contributed by atoms with van der Waals surface area (Å²) in [5, 5.41) is 3.09. The SMILES string of the molecule is CCC1CC1NC(=O)c1ccccc1CCN. The van der Waals surface area contributed by atoms with Crippen molar-refractivity contribution in [2.45, 2.75) is 32.2 Å². The molecule has 1 aromatic rings. The molecule has 2 rings (SSSR count). The van der Waals surface area contributed by atoms with E-state index in [1.807, 2.05) is 24.3 Å². The van der Waals surface area contributed by atoms with Crippen molar-refractivity contribution in [1.29, 1.82) is 0 Å². The second-order valence-corrected chi connectivity index (χ2v) is 4.68. The minimum absolute atomic E-state index is 0.0509. The van der Waals surface area contributed by atoms with Crippen LogP contribution in [0.2, 0.25) is 0 Å². The van der Waals surface area contributed by atoms with Crippen molar-refractivity contribution >= 4 is 5.91 Å². The Hall–Kier alpha value is -1.35. The Balaban J connectivity index is 2.03. The fourth-order valence-electron chi connectivity index (χ4n) is 2.24. The molecule has 2 atom stereocenters. The summed E-state index contributed by atoms with van der Waals surface area (Å²) in [6, 6.07) is 8.10. The first-order chi connectivity index (χ1) is 8.26. The number of benzene rings is 1. The van der Waals surface area contributed by atoms with Crippen molar-refractivity contribution in [3.8, 4) is 0 Å². The highest BCUT2D eigenvalue weighted by atomic mass is 16.1. The third-order valence-corrected chi connectivity index (χ3v) is 3.44. The van der Waals surface area contributed by atoms with Gasteiger partial charge in [-0.1, -0.05) is 31.5 Å². The Kier molecular flexibility index (Phi) is 3.79. The molecule has 1 aliphatic rings. The Morgan fingerprint density at radius 2 is 2.24 bits per heavy atom. The summed E-state index contributed by atoms with van der Waals surface area (Å²) in [5.41, 5.74) is 7.38. The third kappa shape index (κ3) is 2.86. The van der Waals surface area contributed by atoms with E-state index in [-0.39, 0.29) is 5.91 Å². The van der Waals surface area contributed by atoms with E-state index in [2.05, 4.69) is 12.2 Å². The number of rotatable bonds is 5. The molecule has 1 aliphatic carbocycles. The van der Waals surface area contributed by atoms with Crippen LogP contribution in [0, 0.1) is 5.92 Å². The molecule has 0 heterocycles. The predicted octanol–water partition coefficient (Wildman–Crippen LogP) is 1.72. The number of amides is 1. The summed E-state index contributed by atoms with van der Waals surface area (Å²) < 4.78 is 0. The van der Waals surface area contributed by atoms with Crippen LogP contribution >= 0.6 is 0 Å². The van der Waals surface area contributed by atoms with Crippen LogP contribution in [-0.2, 0) is 6.42 Å². The minimum atomic E-state index is 0.0509. The molecule has 3 heteroatoms. The maximum atomic E-state index is 12.1. The topological polar surface area (TPSA) is 55.1 Å². The maximum Gasteiger partial charge on any atom is 0.251 e. The van der Waals surface area contributed by atoms with Crippen molar-refractivity contribution in [1.82, 2.24) is 5.32 Å². The van der Waals surface area contributed by atoms with E-state index in [0.29, 0.717) is 18.5 Å². The first-order valence-corrected chi connectivity index (χ1v) is 6.35. The average molecular weight is 232 g/mol. The molecular weight excluding hydrogens is 212 g/mol. The molecule has 0 aliphatic heterocycles. The summed E-state index contributed by atoms with van der Waals surface area (Å²) >= 11 is 0. The van der Waals surface area contributed by atoms with Crippen molar-refractivity contribution in [3.05, 3.63) is 35.4 Å². The van der Waals surface area contributed by atoms with Gasteiger partial charge >= 0.3 is 0 Å². The van der Waals surface area contributed by atoms with Gasteiger partial charge in [-0.05, 0) is 36.9 Å². The molecule has 17 heavy (non-hydrogen) atoms. The normalized spacial score (nSPS) is 22.2. The zero-order valence-electron chi connectivity index (χ0n) is 10.3. The second kappa shape index (κ2) is 5.32. The molecular formula is C14H20N2O. The maximum absolute atomic E-state index is 12.1. The molecule has 1 amide bonds. The van der Waals surface area contributed by atoms with Crippen molar-refractivity contribution in [2.75, 3.05) is 6.54 Å². The lowest BCUT2D eigenvalue weighted by molar-refractivity contribution is 0.0948. The molecule has 1 aromatic carbocycles. The highest BCUT2D eigenvalue weighted by Crippen LogP contribution is 2.33.